The fourth-order valence-electron chi connectivity index (χ4n) is 4.32. The van der Waals surface area contributed by atoms with Gasteiger partial charge in [0, 0.05) is 29.1 Å². The summed E-state index contributed by atoms with van der Waals surface area (Å²) < 4.78 is 23.3. The molecule has 1 atom stereocenters. The number of para-hydroxylation sites is 2. The summed E-state index contributed by atoms with van der Waals surface area (Å²) in [7, 11) is 1.91. The zero-order chi connectivity index (χ0) is 31.1. The van der Waals surface area contributed by atoms with Crippen molar-refractivity contribution >= 4 is 85.4 Å². The maximum absolute atomic E-state index is 12.7. The van der Waals surface area contributed by atoms with E-state index in [1.807, 2.05) is 38.1 Å². The van der Waals surface area contributed by atoms with Crippen molar-refractivity contribution in [3.05, 3.63) is 99.3 Å². The van der Waals surface area contributed by atoms with Crippen molar-refractivity contribution < 1.29 is 57.4 Å². The number of rotatable bonds is 9. The van der Waals surface area contributed by atoms with E-state index in [0.29, 0.717) is 32.1 Å². The van der Waals surface area contributed by atoms with Crippen LogP contribution in [-0.2, 0) is 27.8 Å². The second kappa shape index (κ2) is 18.1. The van der Waals surface area contributed by atoms with Crippen LogP contribution in [0.5, 0.6) is 11.5 Å². The van der Waals surface area contributed by atoms with Gasteiger partial charge in [0.15, 0.2) is 5.16 Å². The molecule has 9 nitrogen and oxygen atoms in total. The summed E-state index contributed by atoms with van der Waals surface area (Å²) >= 11 is 12.1. The predicted molar refractivity (Wildman–Crippen MR) is 180 cm³/mol. The van der Waals surface area contributed by atoms with E-state index in [2.05, 4.69) is 20.3 Å². The van der Waals surface area contributed by atoms with Crippen molar-refractivity contribution in [2.45, 2.75) is 31.2 Å². The predicted octanol–water partition coefficient (Wildman–Crippen LogP) is 4.22. The number of hydrogen-bond acceptors (Lipinski definition) is 7. The van der Waals surface area contributed by atoms with Crippen LogP contribution in [0.4, 0.5) is 11.4 Å². The van der Waals surface area contributed by atoms with Gasteiger partial charge in [0.05, 0.1) is 69.7 Å². The Bertz CT molecular complexity index is 1800. The largest absolute Gasteiger partial charge is 2.00 e. The van der Waals surface area contributed by atoms with E-state index in [-0.39, 0.29) is 69.1 Å². The first-order valence-corrected chi connectivity index (χ1v) is 15.1. The maximum Gasteiger partial charge on any atom is 2.00 e. The molecule has 0 aliphatic rings. The number of methoxy groups -OCH3 is 2. The summed E-state index contributed by atoms with van der Waals surface area (Å²) in [5.41, 5.74) is 6.08. The molecule has 5 rings (SSSR count). The Morgan fingerprint density at radius 1 is 1.04 bits per heavy atom. The minimum atomic E-state index is -1.33. The summed E-state index contributed by atoms with van der Waals surface area (Å²) in [6.07, 6.45) is 1.67. The SMILES string of the molecule is COc1ccc2nc(S(=O)Cc3ncc(C)c(OC)c3C)[nH]c2c1.O=C(O)Cc1ccccc1Nc1c(Cl)cccc1Cl.[H-].[H-].[H-].[Mg+2].[Na+]. The number of aliphatic carboxylic acids is 1. The molecule has 3 aromatic carbocycles. The molecule has 230 valence electrons. The van der Waals surface area contributed by atoms with Gasteiger partial charge < -0.3 is 29.2 Å². The molecular formula is C31H33Cl2MgN4NaO5S. The minimum Gasteiger partial charge on any atom is -1.00 e. The smallest absolute Gasteiger partial charge is 1.00 e. The van der Waals surface area contributed by atoms with Gasteiger partial charge in [0.25, 0.3) is 0 Å². The van der Waals surface area contributed by atoms with Crippen LogP contribution in [0, 0.1) is 13.8 Å². The molecule has 45 heavy (non-hydrogen) atoms. The van der Waals surface area contributed by atoms with Crippen LogP contribution in [0.3, 0.4) is 0 Å². The number of nitrogens with one attached hydrogen (secondary N) is 2. The zero-order valence-electron chi connectivity index (χ0n) is 28.6. The third-order valence-corrected chi connectivity index (χ3v) is 8.27. The molecule has 0 saturated carbocycles. The molecule has 5 aromatic rings. The summed E-state index contributed by atoms with van der Waals surface area (Å²) in [4.78, 5) is 22.7. The first-order valence-electron chi connectivity index (χ1n) is 13.0. The Balaban J connectivity index is 0. The van der Waals surface area contributed by atoms with Crippen LogP contribution in [-0.4, -0.2) is 67.5 Å². The molecule has 2 aromatic heterocycles. The maximum atomic E-state index is 12.7. The summed E-state index contributed by atoms with van der Waals surface area (Å²) in [6.45, 7) is 3.86. The van der Waals surface area contributed by atoms with Gasteiger partial charge in [-0.25, -0.2) is 4.98 Å². The third kappa shape index (κ3) is 10.1. The second-order valence-corrected chi connectivity index (χ2v) is 11.6. The van der Waals surface area contributed by atoms with Gasteiger partial charge in [0.2, 0.25) is 0 Å². The van der Waals surface area contributed by atoms with E-state index in [4.69, 9.17) is 37.8 Å². The van der Waals surface area contributed by atoms with Crippen LogP contribution in [0.1, 0.15) is 26.7 Å². The van der Waals surface area contributed by atoms with Crippen molar-refractivity contribution in [2.75, 3.05) is 19.5 Å². The first-order chi connectivity index (χ1) is 20.6. The number of H-pyrrole nitrogens is 1. The van der Waals surface area contributed by atoms with Crippen LogP contribution in [0.2, 0.25) is 10.0 Å². The van der Waals surface area contributed by atoms with E-state index in [0.717, 1.165) is 39.4 Å². The Morgan fingerprint density at radius 2 is 1.73 bits per heavy atom. The molecule has 0 amide bonds. The quantitative estimate of drug-likeness (QED) is 0.196. The molecule has 1 unspecified atom stereocenters. The second-order valence-electron chi connectivity index (χ2n) is 9.41. The number of halogens is 2. The van der Waals surface area contributed by atoms with Crippen LogP contribution >= 0.6 is 23.2 Å². The number of imidazole rings is 1. The van der Waals surface area contributed by atoms with Gasteiger partial charge in [-0.15, -0.1) is 0 Å². The van der Waals surface area contributed by atoms with Crippen molar-refractivity contribution in [3.8, 4) is 11.5 Å². The molecule has 0 aliphatic carbocycles. The van der Waals surface area contributed by atoms with Crippen molar-refractivity contribution in [3.63, 3.8) is 0 Å². The van der Waals surface area contributed by atoms with Gasteiger partial charge in [0.1, 0.15) is 11.5 Å². The Kier molecular flexibility index (Phi) is 15.6. The molecular weight excluding hydrogens is 659 g/mol. The molecule has 0 fully saturated rings. The van der Waals surface area contributed by atoms with E-state index in [1.54, 1.807) is 56.8 Å². The standard InChI is InChI=1S/C17H19N3O3S.C14H11Cl2NO2.Mg.Na.3H/c1-10-8-18-15(11(2)16(10)23-4)9-24(21)17-19-13-6-5-12(22-3)7-14(13)20-17;15-10-5-3-6-11(16)14(10)17-12-7-2-1-4-9(12)8-13(18)19;;;;;/h5-8H,9H2,1-4H3,(H,19,20);1-7,17H,8H2,(H,18,19);;;;;/q;;+2;+1;3*-1. The third-order valence-electron chi connectivity index (χ3n) is 6.48. The molecule has 3 N–H and O–H groups in total. The average Bonchev–Trinajstić information content (AvgIpc) is 3.41. The summed E-state index contributed by atoms with van der Waals surface area (Å²) in [6, 6.07) is 17.8. The fourth-order valence-corrected chi connectivity index (χ4v) is 5.91. The topological polar surface area (TPSA) is 126 Å². The number of carboxylic acids is 1. The molecule has 0 radical (unpaired) electrons. The number of aromatic nitrogens is 3. The van der Waals surface area contributed by atoms with Gasteiger partial charge in [-0.2, -0.15) is 0 Å². The molecule has 2 heterocycles. The van der Waals surface area contributed by atoms with Crippen LogP contribution < -0.4 is 44.3 Å². The number of nitrogens with zero attached hydrogens (tertiary/aromatic N) is 2. The number of carbonyl (C=O) groups is 1. The Labute approximate surface area is 316 Å². The Morgan fingerprint density at radius 3 is 2.38 bits per heavy atom. The molecule has 0 saturated heterocycles. The van der Waals surface area contributed by atoms with E-state index in [9.17, 15) is 9.00 Å². The van der Waals surface area contributed by atoms with E-state index in [1.165, 1.54) is 0 Å². The zero-order valence-corrected chi connectivity index (χ0v) is 31.4. The number of fused-ring (bicyclic) bond motifs is 1. The minimum absolute atomic E-state index is 0. The Hall–Kier alpha value is -2.35. The van der Waals surface area contributed by atoms with Gasteiger partial charge in [-0.3, -0.25) is 14.0 Å². The summed E-state index contributed by atoms with van der Waals surface area (Å²) in [5, 5.41) is 13.4. The molecule has 0 bridgehead atoms. The monoisotopic (exact) mass is 690 g/mol. The van der Waals surface area contributed by atoms with E-state index < -0.39 is 16.8 Å². The van der Waals surface area contributed by atoms with Crippen LogP contribution in [0.15, 0.2) is 72.0 Å². The number of aromatic amines is 1. The van der Waals surface area contributed by atoms with Gasteiger partial charge >= 0.3 is 58.6 Å². The normalized spacial score (nSPS) is 10.9. The van der Waals surface area contributed by atoms with Crippen molar-refractivity contribution in [1.29, 1.82) is 0 Å². The fraction of sp³-hybridized carbons (Fsp3) is 0.194. The number of ether oxygens (including phenoxy) is 2. The molecule has 0 spiro atoms. The number of carboxylic acid groups (broad SMARTS) is 1. The first kappa shape index (κ1) is 38.8. The van der Waals surface area contributed by atoms with Crippen molar-refractivity contribution in [2.24, 2.45) is 0 Å². The van der Waals surface area contributed by atoms with Gasteiger partial charge in [-0.1, -0.05) is 47.5 Å². The number of hydrogen-bond donors (Lipinski definition) is 3. The molecule has 14 heteroatoms. The van der Waals surface area contributed by atoms with Crippen LogP contribution in [0.25, 0.3) is 11.0 Å². The van der Waals surface area contributed by atoms with Crippen molar-refractivity contribution in [1.82, 2.24) is 15.0 Å². The summed E-state index contributed by atoms with van der Waals surface area (Å²) in [5.74, 6) is 0.898. The molecule has 0 aliphatic heterocycles. The van der Waals surface area contributed by atoms with Gasteiger partial charge in [-0.05, 0) is 49.7 Å². The number of benzene rings is 3. The number of pyridine rings is 1. The number of anilines is 2. The average molecular weight is 692 g/mol. The number of aryl methyl sites for hydroxylation is 1. The van der Waals surface area contributed by atoms with E-state index >= 15 is 0 Å².